The summed E-state index contributed by atoms with van der Waals surface area (Å²) in [6.45, 7) is 8.89. The molecule has 0 amide bonds. The molecule has 0 unspecified atom stereocenters. The highest BCUT2D eigenvalue weighted by atomic mass is 16.5. The summed E-state index contributed by atoms with van der Waals surface area (Å²) < 4.78 is 5.24. The molecule has 0 spiro atoms. The molecule has 0 atom stereocenters. The first kappa shape index (κ1) is 12.7. The Morgan fingerprint density at radius 2 is 2.19 bits per heavy atom. The lowest BCUT2D eigenvalue weighted by molar-refractivity contribution is 0.0556. The molecule has 1 fully saturated rings. The summed E-state index contributed by atoms with van der Waals surface area (Å²) in [5, 5.41) is 8.34. The van der Waals surface area contributed by atoms with Gasteiger partial charge in [-0.15, -0.1) is 5.59 Å². The molecule has 90 valence electrons. The van der Waals surface area contributed by atoms with Gasteiger partial charge < -0.3 is 9.64 Å². The van der Waals surface area contributed by atoms with Gasteiger partial charge in [-0.25, -0.2) is 4.99 Å². The third kappa shape index (κ3) is 4.43. The molecular formula is C10H18N4O2. The fraction of sp³-hybridized carbons (Fsp3) is 0.500. The normalized spacial score (nSPS) is 17.9. The molecule has 0 aliphatic carbocycles. The van der Waals surface area contributed by atoms with Crippen LogP contribution in [-0.4, -0.2) is 42.2 Å². The summed E-state index contributed by atoms with van der Waals surface area (Å²) in [6, 6.07) is 0. The second-order valence-corrected chi connectivity index (χ2v) is 3.36. The molecule has 1 aliphatic heterocycles. The number of allylic oxidation sites excluding steroid dienone is 1. The van der Waals surface area contributed by atoms with E-state index in [1.807, 2.05) is 6.08 Å². The fourth-order valence-corrected chi connectivity index (χ4v) is 1.30. The Morgan fingerprint density at radius 3 is 2.81 bits per heavy atom. The van der Waals surface area contributed by atoms with Gasteiger partial charge in [-0.1, -0.05) is 6.58 Å². The average molecular weight is 226 g/mol. The first-order chi connectivity index (χ1) is 7.74. The van der Waals surface area contributed by atoms with Crippen LogP contribution < -0.4 is 11.0 Å². The fourth-order valence-electron chi connectivity index (χ4n) is 1.30. The standard InChI is InChI=1S/C10H18N4O2/c1-9(14-5-7-16-8-6-14)3-4-11-10(2)12-13-15/h3-4,13,15H,1,5-8H2,2H3,(H,11,12)/b4-3-. The molecule has 1 aliphatic rings. The number of morpholine rings is 1. The van der Waals surface area contributed by atoms with Crippen molar-refractivity contribution in [2.45, 2.75) is 6.92 Å². The van der Waals surface area contributed by atoms with Crippen molar-refractivity contribution in [1.29, 1.82) is 0 Å². The zero-order valence-electron chi connectivity index (χ0n) is 9.44. The van der Waals surface area contributed by atoms with E-state index in [1.165, 1.54) is 0 Å². The molecule has 0 radical (unpaired) electrons. The molecule has 0 saturated carbocycles. The number of nitrogens with one attached hydrogen (secondary N) is 2. The van der Waals surface area contributed by atoms with Crippen LogP contribution in [0.3, 0.4) is 0 Å². The number of hydrazine groups is 1. The predicted molar refractivity (Wildman–Crippen MR) is 61.8 cm³/mol. The second kappa shape index (κ2) is 7.00. The quantitative estimate of drug-likeness (QED) is 0.277. The monoisotopic (exact) mass is 226 g/mol. The highest BCUT2D eigenvalue weighted by Crippen LogP contribution is 2.06. The zero-order valence-corrected chi connectivity index (χ0v) is 9.44. The summed E-state index contributed by atoms with van der Waals surface area (Å²) in [5.41, 5.74) is 5.16. The van der Waals surface area contributed by atoms with Gasteiger partial charge >= 0.3 is 0 Å². The van der Waals surface area contributed by atoms with Gasteiger partial charge in [0.15, 0.2) is 0 Å². The van der Waals surface area contributed by atoms with Crippen molar-refractivity contribution in [3.05, 3.63) is 24.6 Å². The third-order valence-electron chi connectivity index (χ3n) is 2.19. The molecule has 0 aromatic carbocycles. The first-order valence-corrected chi connectivity index (χ1v) is 5.11. The molecule has 1 heterocycles. The minimum Gasteiger partial charge on any atom is -0.378 e. The van der Waals surface area contributed by atoms with E-state index in [-0.39, 0.29) is 0 Å². The van der Waals surface area contributed by atoms with Crippen molar-refractivity contribution in [3.8, 4) is 0 Å². The smallest absolute Gasteiger partial charge is 0.114 e. The van der Waals surface area contributed by atoms with Crippen LogP contribution in [0.2, 0.25) is 0 Å². The van der Waals surface area contributed by atoms with Crippen molar-refractivity contribution in [3.63, 3.8) is 0 Å². The van der Waals surface area contributed by atoms with E-state index in [2.05, 4.69) is 21.9 Å². The molecule has 16 heavy (non-hydrogen) atoms. The SMILES string of the molecule is C=C(/C=C\N=C(C)NNO)N1CCOCC1. The highest BCUT2D eigenvalue weighted by molar-refractivity contribution is 5.79. The Morgan fingerprint density at radius 1 is 1.50 bits per heavy atom. The van der Waals surface area contributed by atoms with Gasteiger partial charge in [0, 0.05) is 25.0 Å². The van der Waals surface area contributed by atoms with E-state index >= 15 is 0 Å². The Hall–Kier alpha value is -1.37. The maximum Gasteiger partial charge on any atom is 0.114 e. The number of hydrogen-bond donors (Lipinski definition) is 3. The van der Waals surface area contributed by atoms with E-state index in [0.717, 1.165) is 32.0 Å². The molecule has 0 bridgehead atoms. The van der Waals surface area contributed by atoms with E-state index in [4.69, 9.17) is 9.94 Å². The largest absolute Gasteiger partial charge is 0.378 e. The number of aliphatic imine (C=N–C) groups is 1. The molecule has 1 rings (SSSR count). The summed E-state index contributed by atoms with van der Waals surface area (Å²) in [5.74, 6) is 0.563. The average Bonchev–Trinajstić information content (AvgIpc) is 2.30. The molecule has 6 heteroatoms. The zero-order chi connectivity index (χ0) is 11.8. The lowest BCUT2D eigenvalue weighted by Gasteiger charge is -2.28. The van der Waals surface area contributed by atoms with E-state index < -0.39 is 0 Å². The Balaban J connectivity index is 2.37. The summed E-state index contributed by atoms with van der Waals surface area (Å²) in [7, 11) is 0. The van der Waals surface area contributed by atoms with Crippen molar-refractivity contribution in [2.75, 3.05) is 26.3 Å². The van der Waals surface area contributed by atoms with Gasteiger partial charge in [0.25, 0.3) is 0 Å². The highest BCUT2D eigenvalue weighted by Gasteiger charge is 2.09. The predicted octanol–water partition coefficient (Wildman–Crippen LogP) is 0.248. The molecular weight excluding hydrogens is 208 g/mol. The molecule has 1 saturated heterocycles. The number of hydrogen-bond acceptors (Lipinski definition) is 5. The summed E-state index contributed by atoms with van der Waals surface area (Å²) >= 11 is 0. The molecule has 0 aromatic heterocycles. The number of rotatable bonds is 4. The van der Waals surface area contributed by atoms with Gasteiger partial charge in [0.05, 0.1) is 13.2 Å². The van der Waals surface area contributed by atoms with Gasteiger partial charge in [-0.3, -0.25) is 10.6 Å². The van der Waals surface area contributed by atoms with Crippen LogP contribution in [0.5, 0.6) is 0 Å². The summed E-state index contributed by atoms with van der Waals surface area (Å²) in [4.78, 5) is 6.17. The lowest BCUT2D eigenvalue weighted by atomic mass is 10.3. The van der Waals surface area contributed by atoms with Crippen molar-refractivity contribution < 1.29 is 9.94 Å². The van der Waals surface area contributed by atoms with Gasteiger partial charge in [-0.05, 0) is 13.0 Å². The lowest BCUT2D eigenvalue weighted by Crippen LogP contribution is -2.34. The van der Waals surface area contributed by atoms with E-state index in [9.17, 15) is 0 Å². The van der Waals surface area contributed by atoms with Crippen molar-refractivity contribution in [1.82, 2.24) is 15.9 Å². The maximum atomic E-state index is 8.34. The molecule has 6 nitrogen and oxygen atoms in total. The minimum absolute atomic E-state index is 0.563. The first-order valence-electron chi connectivity index (χ1n) is 5.11. The third-order valence-corrected chi connectivity index (χ3v) is 2.19. The number of nitrogens with zero attached hydrogens (tertiary/aromatic N) is 2. The Bertz CT molecular complexity index is 283. The molecule has 3 N–H and O–H groups in total. The topological polar surface area (TPSA) is 69.1 Å². The number of ether oxygens (including phenoxy) is 1. The van der Waals surface area contributed by atoms with Gasteiger partial charge in [0.1, 0.15) is 5.84 Å². The van der Waals surface area contributed by atoms with Crippen LogP contribution in [0.1, 0.15) is 6.92 Å². The minimum atomic E-state index is 0.563. The molecule has 0 aromatic rings. The van der Waals surface area contributed by atoms with E-state index in [0.29, 0.717) is 5.84 Å². The van der Waals surface area contributed by atoms with E-state index in [1.54, 1.807) is 18.7 Å². The van der Waals surface area contributed by atoms with Crippen LogP contribution in [0.15, 0.2) is 29.5 Å². The Labute approximate surface area is 95.2 Å². The van der Waals surface area contributed by atoms with Gasteiger partial charge in [-0.2, -0.15) is 0 Å². The van der Waals surface area contributed by atoms with Crippen LogP contribution in [0.4, 0.5) is 0 Å². The van der Waals surface area contributed by atoms with Gasteiger partial charge in [0.2, 0.25) is 0 Å². The van der Waals surface area contributed by atoms with Crippen LogP contribution in [-0.2, 0) is 4.74 Å². The van der Waals surface area contributed by atoms with Crippen LogP contribution in [0, 0.1) is 0 Å². The van der Waals surface area contributed by atoms with Crippen LogP contribution in [0.25, 0.3) is 0 Å². The van der Waals surface area contributed by atoms with Crippen LogP contribution >= 0.6 is 0 Å². The van der Waals surface area contributed by atoms with Crippen molar-refractivity contribution in [2.24, 2.45) is 4.99 Å². The number of amidine groups is 1. The van der Waals surface area contributed by atoms with Crippen molar-refractivity contribution >= 4 is 5.84 Å². The maximum absolute atomic E-state index is 8.34. The summed E-state index contributed by atoms with van der Waals surface area (Å²) in [6.07, 6.45) is 3.46. The second-order valence-electron chi connectivity index (χ2n) is 3.36. The Kier molecular flexibility index (Phi) is 5.55.